The van der Waals surface area contributed by atoms with E-state index in [-0.39, 0.29) is 5.91 Å². The monoisotopic (exact) mass is 369 g/mol. The van der Waals surface area contributed by atoms with E-state index < -0.39 is 0 Å². The van der Waals surface area contributed by atoms with Gasteiger partial charge in [0.1, 0.15) is 5.82 Å². The molecule has 0 aliphatic carbocycles. The first-order chi connectivity index (χ1) is 12.7. The summed E-state index contributed by atoms with van der Waals surface area (Å²) < 4.78 is 2.34. The van der Waals surface area contributed by atoms with Crippen molar-refractivity contribution < 1.29 is 4.79 Å². The molecule has 136 valence electrons. The standard InChI is InChI=1S/C19H23N5OS/c1-14-21-16-4-2-3-5-17(16)24(14)12-15-6-9-23(10-7-15)13-18(25)22-19-20-8-11-26-19/h2-5,8,11,15H,6-7,9-10,12-13H2,1H3,(H,20,22,25). The fourth-order valence-corrected chi connectivity index (χ4v) is 4.20. The highest BCUT2D eigenvalue weighted by Crippen LogP contribution is 2.23. The van der Waals surface area contributed by atoms with E-state index in [4.69, 9.17) is 0 Å². The van der Waals surface area contributed by atoms with Gasteiger partial charge in [-0.15, -0.1) is 11.3 Å². The third-order valence-electron chi connectivity index (χ3n) is 5.04. The van der Waals surface area contributed by atoms with Gasteiger partial charge in [0.15, 0.2) is 5.13 Å². The molecule has 0 saturated carbocycles. The van der Waals surface area contributed by atoms with E-state index in [0.29, 0.717) is 17.6 Å². The third kappa shape index (κ3) is 3.78. The zero-order valence-electron chi connectivity index (χ0n) is 14.9. The first-order valence-electron chi connectivity index (χ1n) is 9.02. The number of aromatic nitrogens is 3. The van der Waals surface area contributed by atoms with Crippen molar-refractivity contribution in [3.05, 3.63) is 41.7 Å². The second-order valence-electron chi connectivity index (χ2n) is 6.86. The lowest BCUT2D eigenvalue weighted by Crippen LogP contribution is -2.40. The number of fused-ring (bicyclic) bond motifs is 1. The lowest BCUT2D eigenvalue weighted by atomic mass is 9.96. The lowest BCUT2D eigenvalue weighted by Gasteiger charge is -2.31. The number of hydrogen-bond donors (Lipinski definition) is 1. The first-order valence-corrected chi connectivity index (χ1v) is 9.90. The van der Waals surface area contributed by atoms with Crippen LogP contribution in [0.15, 0.2) is 35.8 Å². The summed E-state index contributed by atoms with van der Waals surface area (Å²) in [6, 6.07) is 8.33. The summed E-state index contributed by atoms with van der Waals surface area (Å²) in [7, 11) is 0. The normalized spacial score (nSPS) is 16.2. The molecular weight excluding hydrogens is 346 g/mol. The average molecular weight is 369 g/mol. The first kappa shape index (κ1) is 17.2. The van der Waals surface area contributed by atoms with Gasteiger partial charge in [0.25, 0.3) is 0 Å². The Morgan fingerprint density at radius 1 is 1.31 bits per heavy atom. The molecular formula is C19H23N5OS. The second-order valence-corrected chi connectivity index (χ2v) is 7.76. The lowest BCUT2D eigenvalue weighted by molar-refractivity contribution is -0.117. The molecule has 0 unspecified atom stereocenters. The van der Waals surface area contributed by atoms with Gasteiger partial charge in [0.05, 0.1) is 17.6 Å². The Morgan fingerprint density at radius 2 is 2.12 bits per heavy atom. The number of nitrogens with zero attached hydrogens (tertiary/aromatic N) is 4. The molecule has 3 heterocycles. The minimum Gasteiger partial charge on any atom is -0.328 e. The predicted octanol–water partition coefficient (Wildman–Crippen LogP) is 3.15. The van der Waals surface area contributed by atoms with Crippen LogP contribution in [0.1, 0.15) is 18.7 Å². The fourth-order valence-electron chi connectivity index (χ4n) is 3.66. The fraction of sp³-hybridized carbons (Fsp3) is 0.421. The Bertz CT molecular complexity index is 881. The average Bonchev–Trinajstić information content (AvgIpc) is 3.25. The van der Waals surface area contributed by atoms with Crippen molar-refractivity contribution in [3.63, 3.8) is 0 Å². The molecule has 0 atom stereocenters. The zero-order valence-corrected chi connectivity index (χ0v) is 15.7. The summed E-state index contributed by atoms with van der Waals surface area (Å²) in [4.78, 5) is 23.1. The maximum absolute atomic E-state index is 12.1. The summed E-state index contributed by atoms with van der Waals surface area (Å²) in [5, 5.41) is 5.40. The minimum atomic E-state index is 0.0230. The highest BCUT2D eigenvalue weighted by atomic mass is 32.1. The number of likely N-dealkylation sites (tertiary alicyclic amines) is 1. The van der Waals surface area contributed by atoms with Crippen molar-refractivity contribution in [1.29, 1.82) is 0 Å². The van der Waals surface area contributed by atoms with Crippen LogP contribution >= 0.6 is 11.3 Å². The summed E-state index contributed by atoms with van der Waals surface area (Å²) >= 11 is 1.45. The number of para-hydroxylation sites is 2. The van der Waals surface area contributed by atoms with Crippen LogP contribution in [0.25, 0.3) is 11.0 Å². The molecule has 0 bridgehead atoms. The number of benzene rings is 1. The molecule has 1 aromatic carbocycles. The molecule has 1 fully saturated rings. The Morgan fingerprint density at radius 3 is 2.88 bits per heavy atom. The van der Waals surface area contributed by atoms with E-state index >= 15 is 0 Å². The number of amides is 1. The van der Waals surface area contributed by atoms with Crippen molar-refractivity contribution in [1.82, 2.24) is 19.4 Å². The highest BCUT2D eigenvalue weighted by molar-refractivity contribution is 7.13. The van der Waals surface area contributed by atoms with Crippen molar-refractivity contribution in [2.75, 3.05) is 25.0 Å². The molecule has 3 aromatic rings. The van der Waals surface area contributed by atoms with Crippen LogP contribution in [0.5, 0.6) is 0 Å². The van der Waals surface area contributed by atoms with Gasteiger partial charge in [-0.2, -0.15) is 0 Å². The van der Waals surface area contributed by atoms with Crippen LogP contribution in [0, 0.1) is 12.8 Å². The molecule has 0 radical (unpaired) electrons. The summed E-state index contributed by atoms with van der Waals surface area (Å²) in [6.45, 7) is 5.45. The van der Waals surface area contributed by atoms with Gasteiger partial charge in [-0.1, -0.05) is 12.1 Å². The zero-order chi connectivity index (χ0) is 17.9. The largest absolute Gasteiger partial charge is 0.328 e. The number of anilines is 1. The van der Waals surface area contributed by atoms with E-state index in [1.807, 2.05) is 11.4 Å². The molecule has 1 amide bonds. The Labute approximate surface area is 156 Å². The van der Waals surface area contributed by atoms with Crippen LogP contribution < -0.4 is 5.32 Å². The Hall–Kier alpha value is -2.25. The van der Waals surface area contributed by atoms with E-state index in [9.17, 15) is 4.79 Å². The number of piperidine rings is 1. The molecule has 26 heavy (non-hydrogen) atoms. The molecule has 1 aliphatic heterocycles. The molecule has 1 N–H and O–H groups in total. The molecule has 4 rings (SSSR count). The Balaban J connectivity index is 1.31. The van der Waals surface area contributed by atoms with Crippen LogP contribution in [0.3, 0.4) is 0 Å². The van der Waals surface area contributed by atoms with Gasteiger partial charge >= 0.3 is 0 Å². The second kappa shape index (κ2) is 7.55. The number of imidazole rings is 1. The number of rotatable bonds is 5. The van der Waals surface area contributed by atoms with Gasteiger partial charge in [-0.25, -0.2) is 9.97 Å². The van der Waals surface area contributed by atoms with Gasteiger partial charge in [0.2, 0.25) is 5.91 Å². The maximum Gasteiger partial charge on any atom is 0.240 e. The van der Waals surface area contributed by atoms with Crippen molar-refractivity contribution in [3.8, 4) is 0 Å². The number of thiazole rings is 1. The minimum absolute atomic E-state index is 0.0230. The number of carbonyl (C=O) groups excluding carboxylic acids is 1. The molecule has 6 nitrogen and oxygen atoms in total. The predicted molar refractivity (Wildman–Crippen MR) is 104 cm³/mol. The van der Waals surface area contributed by atoms with Crippen LogP contribution in [-0.2, 0) is 11.3 Å². The molecule has 0 spiro atoms. The topological polar surface area (TPSA) is 63.1 Å². The third-order valence-corrected chi connectivity index (χ3v) is 5.73. The van der Waals surface area contributed by atoms with E-state index in [1.54, 1.807) is 6.20 Å². The van der Waals surface area contributed by atoms with Gasteiger partial charge in [-0.05, 0) is 50.9 Å². The van der Waals surface area contributed by atoms with Crippen molar-refractivity contribution in [2.24, 2.45) is 5.92 Å². The highest BCUT2D eigenvalue weighted by Gasteiger charge is 2.22. The maximum atomic E-state index is 12.1. The Kier molecular flexibility index (Phi) is 4.99. The smallest absolute Gasteiger partial charge is 0.240 e. The molecule has 1 aliphatic rings. The SMILES string of the molecule is Cc1nc2ccccc2n1CC1CCN(CC(=O)Nc2nccs2)CC1. The number of carbonyl (C=O) groups is 1. The van der Waals surface area contributed by atoms with Crippen LogP contribution in [0.2, 0.25) is 0 Å². The van der Waals surface area contributed by atoms with E-state index in [1.165, 1.54) is 16.9 Å². The number of aryl methyl sites for hydroxylation is 1. The van der Waals surface area contributed by atoms with E-state index in [0.717, 1.165) is 43.8 Å². The summed E-state index contributed by atoms with van der Waals surface area (Å²) in [6.07, 6.45) is 3.92. The van der Waals surface area contributed by atoms with Gasteiger partial charge in [-0.3, -0.25) is 9.69 Å². The molecule has 7 heteroatoms. The quantitative estimate of drug-likeness (QED) is 0.750. The van der Waals surface area contributed by atoms with Crippen molar-refractivity contribution in [2.45, 2.75) is 26.3 Å². The molecule has 2 aromatic heterocycles. The summed E-state index contributed by atoms with van der Waals surface area (Å²) in [5.41, 5.74) is 2.29. The van der Waals surface area contributed by atoms with Crippen LogP contribution in [-0.4, -0.2) is 45.0 Å². The van der Waals surface area contributed by atoms with Gasteiger partial charge < -0.3 is 9.88 Å². The number of hydrogen-bond acceptors (Lipinski definition) is 5. The van der Waals surface area contributed by atoms with Crippen molar-refractivity contribution >= 4 is 33.4 Å². The number of nitrogens with one attached hydrogen (secondary N) is 1. The summed E-state index contributed by atoms with van der Waals surface area (Å²) in [5.74, 6) is 1.73. The van der Waals surface area contributed by atoms with Crippen LogP contribution in [0.4, 0.5) is 5.13 Å². The molecule has 1 saturated heterocycles. The van der Waals surface area contributed by atoms with Gasteiger partial charge in [0, 0.05) is 18.1 Å². The van der Waals surface area contributed by atoms with E-state index in [2.05, 4.69) is 49.9 Å².